The molecule has 0 fully saturated rings. The maximum absolute atomic E-state index is 9.03. The number of aliphatic hydroxyl groups excluding tert-OH is 1. The predicted octanol–water partition coefficient (Wildman–Crippen LogP) is 1.33. The van der Waals surface area contributed by atoms with Gasteiger partial charge in [0.2, 0.25) is 0 Å². The minimum absolute atomic E-state index is 0. The number of aliphatic hydroxyl groups is 1. The number of hydrogen-bond acceptors (Lipinski definition) is 2. The molecule has 0 bridgehead atoms. The Morgan fingerprint density at radius 3 is 2.33 bits per heavy atom. The van der Waals surface area contributed by atoms with E-state index in [4.69, 9.17) is 5.11 Å². The first kappa shape index (κ1) is 14.9. The quantitative estimate of drug-likeness (QED) is 0.600. The van der Waals surface area contributed by atoms with Crippen molar-refractivity contribution in [2.45, 2.75) is 13.0 Å². The summed E-state index contributed by atoms with van der Waals surface area (Å²) in [5, 5.41) is 9.03. The molecule has 0 amide bonds. The molecule has 68 valence electrons. The average molecular weight is 247 g/mol. The summed E-state index contributed by atoms with van der Waals surface area (Å²) < 4.78 is 1.80. The van der Waals surface area contributed by atoms with Gasteiger partial charge in [0.25, 0.3) is 0 Å². The Morgan fingerprint density at radius 1 is 1.67 bits per heavy atom. The van der Waals surface area contributed by atoms with Gasteiger partial charge >= 0.3 is 23.1 Å². The Kier molecular flexibility index (Phi) is 9.99. The van der Waals surface area contributed by atoms with Gasteiger partial charge in [-0.05, 0) is 12.8 Å². The minimum atomic E-state index is -0.419. The Morgan fingerprint density at radius 2 is 2.17 bits per heavy atom. The Bertz CT molecular complexity index is 211. The molecule has 0 aromatic carbocycles. The molecule has 1 aromatic heterocycles. The molecule has 1 heterocycles. The van der Waals surface area contributed by atoms with E-state index in [9.17, 15) is 0 Å². The average Bonchev–Trinajstić information content (AvgIpc) is 2.39. The summed E-state index contributed by atoms with van der Waals surface area (Å²) in [6, 6.07) is 0. The van der Waals surface area contributed by atoms with Crippen LogP contribution in [-0.4, -0.2) is 43.5 Å². The molecular weight excluding hydrogens is 232 g/mol. The zero-order valence-corrected chi connectivity index (χ0v) is 10.7. The molecule has 0 saturated heterocycles. The zero-order chi connectivity index (χ0) is 8.85. The van der Waals surface area contributed by atoms with E-state index < -0.39 is 6.10 Å². The van der Waals surface area contributed by atoms with Crippen molar-refractivity contribution in [3.05, 3.63) is 18.2 Å². The third-order valence-electron chi connectivity index (χ3n) is 1.28. The van der Waals surface area contributed by atoms with Crippen LogP contribution in [0, 0.1) is 0 Å². The second-order valence-electron chi connectivity index (χ2n) is 2.11. The van der Waals surface area contributed by atoms with Gasteiger partial charge in [0.15, 0.2) is 0 Å². The SMILES string of the molecule is CBr.CC(O)c1cncn1C.[H-].[H-].[Mg+2]. The van der Waals surface area contributed by atoms with Gasteiger partial charge in [0.05, 0.1) is 24.3 Å². The van der Waals surface area contributed by atoms with Crippen molar-refractivity contribution in [2.24, 2.45) is 7.05 Å². The molecular formula is C7H15BrMgN2O. The topological polar surface area (TPSA) is 38.1 Å². The maximum atomic E-state index is 9.03. The summed E-state index contributed by atoms with van der Waals surface area (Å²) in [5.41, 5.74) is 0.843. The fourth-order valence-electron chi connectivity index (χ4n) is 0.770. The van der Waals surface area contributed by atoms with Crippen molar-refractivity contribution in [3.8, 4) is 0 Å². The van der Waals surface area contributed by atoms with Crippen LogP contribution in [0.2, 0.25) is 0 Å². The Hall–Kier alpha value is 0.416. The summed E-state index contributed by atoms with van der Waals surface area (Å²) in [5.74, 6) is 1.81. The molecule has 1 N–H and O–H groups in total. The number of imidazole rings is 1. The summed E-state index contributed by atoms with van der Waals surface area (Å²) in [6.07, 6.45) is 2.91. The van der Waals surface area contributed by atoms with Crippen LogP contribution in [0.5, 0.6) is 0 Å². The number of aromatic nitrogens is 2. The largest absolute Gasteiger partial charge is 2.00 e. The van der Waals surface area contributed by atoms with E-state index >= 15 is 0 Å². The molecule has 0 aliphatic rings. The molecule has 1 aromatic rings. The fourth-order valence-corrected chi connectivity index (χ4v) is 0.770. The Labute approximate surface area is 100 Å². The van der Waals surface area contributed by atoms with Crippen LogP contribution in [0.4, 0.5) is 0 Å². The first-order valence-electron chi connectivity index (χ1n) is 3.24. The molecule has 0 radical (unpaired) electrons. The van der Waals surface area contributed by atoms with Crippen molar-refractivity contribution in [3.63, 3.8) is 0 Å². The standard InChI is InChI=1S/C6H10N2O.CH3Br.Mg.2H/c1-5(9)6-3-7-4-8(6)2;1-2;;;/h3-5,9H,1-2H3;1H3;;;/q;;+2;2*-1. The molecule has 1 rings (SSSR count). The monoisotopic (exact) mass is 246 g/mol. The molecule has 0 aliphatic carbocycles. The number of alkyl halides is 1. The Balaban J connectivity index is -0.0000000942. The van der Waals surface area contributed by atoms with E-state index in [0.29, 0.717) is 0 Å². The van der Waals surface area contributed by atoms with E-state index in [1.807, 2.05) is 12.9 Å². The van der Waals surface area contributed by atoms with Crippen LogP contribution in [0.15, 0.2) is 12.5 Å². The third kappa shape index (κ3) is 4.44. The van der Waals surface area contributed by atoms with Crippen molar-refractivity contribution >= 4 is 39.0 Å². The molecule has 3 nitrogen and oxygen atoms in total. The number of hydrogen-bond donors (Lipinski definition) is 1. The summed E-state index contributed by atoms with van der Waals surface area (Å²) in [4.78, 5) is 3.85. The number of rotatable bonds is 1. The molecule has 5 heteroatoms. The van der Waals surface area contributed by atoms with Crippen LogP contribution < -0.4 is 0 Å². The smallest absolute Gasteiger partial charge is 1.00 e. The summed E-state index contributed by atoms with van der Waals surface area (Å²) in [7, 11) is 1.86. The second kappa shape index (κ2) is 8.03. The first-order chi connectivity index (χ1) is 5.22. The summed E-state index contributed by atoms with van der Waals surface area (Å²) in [6.45, 7) is 1.72. The molecule has 0 saturated carbocycles. The van der Waals surface area contributed by atoms with Crippen LogP contribution >= 0.6 is 15.9 Å². The van der Waals surface area contributed by atoms with Crippen molar-refractivity contribution in [2.75, 3.05) is 5.83 Å². The number of aryl methyl sites for hydroxylation is 1. The van der Waals surface area contributed by atoms with E-state index in [0.717, 1.165) is 5.69 Å². The number of nitrogens with zero attached hydrogens (tertiary/aromatic N) is 2. The molecule has 0 spiro atoms. The van der Waals surface area contributed by atoms with E-state index in [1.165, 1.54) is 0 Å². The van der Waals surface area contributed by atoms with Gasteiger partial charge in [-0.25, -0.2) is 4.98 Å². The minimum Gasteiger partial charge on any atom is -1.00 e. The predicted molar refractivity (Wildman–Crippen MR) is 56.7 cm³/mol. The van der Waals surface area contributed by atoms with Crippen molar-refractivity contribution in [1.29, 1.82) is 0 Å². The van der Waals surface area contributed by atoms with Gasteiger partial charge in [-0.1, -0.05) is 15.9 Å². The van der Waals surface area contributed by atoms with Gasteiger partial charge in [0.1, 0.15) is 0 Å². The van der Waals surface area contributed by atoms with E-state index in [-0.39, 0.29) is 25.9 Å². The van der Waals surface area contributed by atoms with Gasteiger partial charge in [-0.3, -0.25) is 0 Å². The molecule has 12 heavy (non-hydrogen) atoms. The van der Waals surface area contributed by atoms with E-state index in [1.54, 1.807) is 24.0 Å². The van der Waals surface area contributed by atoms with Gasteiger partial charge < -0.3 is 12.5 Å². The fraction of sp³-hybridized carbons (Fsp3) is 0.571. The van der Waals surface area contributed by atoms with Gasteiger partial charge in [0, 0.05) is 7.05 Å². The zero-order valence-electron chi connectivity index (χ0n) is 9.66. The second-order valence-corrected chi connectivity index (χ2v) is 2.11. The third-order valence-corrected chi connectivity index (χ3v) is 1.28. The first-order valence-corrected chi connectivity index (χ1v) is 4.82. The van der Waals surface area contributed by atoms with Crippen molar-refractivity contribution in [1.82, 2.24) is 9.55 Å². The number of halogens is 1. The van der Waals surface area contributed by atoms with Crippen molar-refractivity contribution < 1.29 is 7.96 Å². The normalized spacial score (nSPS) is 10.8. The summed E-state index contributed by atoms with van der Waals surface area (Å²) >= 11 is 2.94. The maximum Gasteiger partial charge on any atom is 2.00 e. The van der Waals surface area contributed by atoms with Crippen LogP contribution in [0.25, 0.3) is 0 Å². The molecule has 1 atom stereocenters. The van der Waals surface area contributed by atoms with Gasteiger partial charge in [-0.15, -0.1) is 0 Å². The molecule has 0 aliphatic heterocycles. The van der Waals surface area contributed by atoms with Gasteiger partial charge in [-0.2, -0.15) is 0 Å². The molecule has 1 unspecified atom stereocenters. The van der Waals surface area contributed by atoms with Crippen LogP contribution in [0.3, 0.4) is 0 Å². The van der Waals surface area contributed by atoms with Crippen LogP contribution in [0.1, 0.15) is 21.6 Å². The van der Waals surface area contributed by atoms with E-state index in [2.05, 4.69) is 20.9 Å². The van der Waals surface area contributed by atoms with Crippen LogP contribution in [-0.2, 0) is 7.05 Å².